The van der Waals surface area contributed by atoms with E-state index in [-0.39, 0.29) is 30.1 Å². The van der Waals surface area contributed by atoms with E-state index in [1.165, 1.54) is 11.3 Å². The predicted molar refractivity (Wildman–Crippen MR) is 165 cm³/mol. The second-order valence-electron chi connectivity index (χ2n) is 10.4. The monoisotopic (exact) mass is 611 g/mol. The van der Waals surface area contributed by atoms with Crippen LogP contribution in [0.4, 0.5) is 4.79 Å². The molecule has 4 N–H and O–H groups in total. The van der Waals surface area contributed by atoms with Gasteiger partial charge in [0.2, 0.25) is 11.7 Å². The Morgan fingerprint density at radius 1 is 1.02 bits per heavy atom. The number of methoxy groups -OCH3 is 1. The van der Waals surface area contributed by atoms with E-state index >= 15 is 0 Å². The molecule has 1 unspecified atom stereocenters. The molecule has 0 saturated carbocycles. The molecule has 1 saturated heterocycles. The van der Waals surface area contributed by atoms with Crippen molar-refractivity contribution in [1.82, 2.24) is 25.9 Å². The number of ether oxygens (including phenoxy) is 2. The summed E-state index contributed by atoms with van der Waals surface area (Å²) in [4.78, 5) is 60.4. The number of aromatic amines is 1. The summed E-state index contributed by atoms with van der Waals surface area (Å²) in [7, 11) is 1.55. The molecule has 3 atom stereocenters. The van der Waals surface area contributed by atoms with Crippen LogP contribution in [0.2, 0.25) is 0 Å². The first-order chi connectivity index (χ1) is 21.4. The van der Waals surface area contributed by atoms with Crippen molar-refractivity contribution in [2.24, 2.45) is 0 Å². The fourth-order valence-corrected chi connectivity index (χ4v) is 6.14. The second-order valence-corrected chi connectivity index (χ2v) is 11.4. The number of benzene rings is 3. The van der Waals surface area contributed by atoms with E-state index in [1.54, 1.807) is 19.2 Å². The quantitative estimate of drug-likeness (QED) is 0.165. The van der Waals surface area contributed by atoms with Gasteiger partial charge < -0.3 is 30.4 Å². The van der Waals surface area contributed by atoms with Crippen molar-refractivity contribution < 1.29 is 28.7 Å². The molecule has 0 bridgehead atoms. The molecule has 0 radical (unpaired) electrons. The van der Waals surface area contributed by atoms with Gasteiger partial charge >= 0.3 is 6.09 Å². The molecule has 11 nitrogen and oxygen atoms in total. The topological polar surface area (TPSA) is 152 Å². The van der Waals surface area contributed by atoms with Gasteiger partial charge in [-0.1, -0.05) is 48.5 Å². The summed E-state index contributed by atoms with van der Waals surface area (Å²) in [6.45, 7) is 0.201. The number of ketones is 1. The van der Waals surface area contributed by atoms with Crippen molar-refractivity contribution in [3.63, 3.8) is 0 Å². The van der Waals surface area contributed by atoms with Gasteiger partial charge in [0, 0.05) is 23.7 Å². The van der Waals surface area contributed by atoms with Crippen LogP contribution in [0.15, 0.2) is 78.9 Å². The highest BCUT2D eigenvalue weighted by molar-refractivity contribution is 7.20. The standard InChI is InChI=1S/C32H29N5O6S/c1-42-26-12-7-11-21-20(26)16-25(34-21)30(40)36-24(14-18-8-3-2-4-9-18)29(39)35-23(15-19-17-33-32(41)43-19)28(38)31-37-22-10-5-6-13-27(22)44-31/h2-13,16,19,23-24,34H,14-15,17H2,1H3,(H,33,41)(H,35,39)(H,36,40)/t19?,23-,24-/m0/s1. The number of amides is 3. The van der Waals surface area contributed by atoms with Crippen molar-refractivity contribution in [3.05, 3.63) is 95.1 Å². The Kier molecular flexibility index (Phi) is 8.24. The maximum atomic E-state index is 13.9. The molecule has 44 heavy (non-hydrogen) atoms. The molecule has 1 fully saturated rings. The van der Waals surface area contributed by atoms with Gasteiger partial charge in [0.05, 0.1) is 29.9 Å². The minimum Gasteiger partial charge on any atom is -0.496 e. The molecule has 1 aliphatic rings. The number of cyclic esters (lactones) is 1. The number of fused-ring (bicyclic) bond motifs is 2. The number of alkyl carbamates (subject to hydrolysis) is 1. The molecule has 224 valence electrons. The zero-order valence-electron chi connectivity index (χ0n) is 23.7. The van der Waals surface area contributed by atoms with Crippen molar-refractivity contribution in [2.75, 3.05) is 13.7 Å². The van der Waals surface area contributed by atoms with Crippen LogP contribution in [0.3, 0.4) is 0 Å². The highest BCUT2D eigenvalue weighted by Gasteiger charge is 2.34. The largest absolute Gasteiger partial charge is 0.496 e. The number of H-pyrrole nitrogens is 1. The number of nitrogens with zero attached hydrogens (tertiary/aromatic N) is 1. The fraction of sp³-hybridized carbons (Fsp3) is 0.219. The van der Waals surface area contributed by atoms with E-state index in [0.717, 1.165) is 15.6 Å². The van der Waals surface area contributed by atoms with Crippen LogP contribution in [0.5, 0.6) is 5.75 Å². The van der Waals surface area contributed by atoms with Gasteiger partial charge in [-0.3, -0.25) is 14.4 Å². The summed E-state index contributed by atoms with van der Waals surface area (Å²) >= 11 is 1.22. The summed E-state index contributed by atoms with van der Waals surface area (Å²) in [6, 6.07) is 21.6. The Hall–Kier alpha value is -5.23. The van der Waals surface area contributed by atoms with Gasteiger partial charge in [-0.15, -0.1) is 11.3 Å². The highest BCUT2D eigenvalue weighted by Crippen LogP contribution is 2.26. The summed E-state index contributed by atoms with van der Waals surface area (Å²) in [5.74, 6) is -0.861. The number of hydrogen-bond donors (Lipinski definition) is 4. The third-order valence-corrected chi connectivity index (χ3v) is 8.43. The number of carbonyl (C=O) groups excluding carboxylic acids is 4. The lowest BCUT2D eigenvalue weighted by Gasteiger charge is -2.23. The molecule has 3 aromatic carbocycles. The van der Waals surface area contributed by atoms with Gasteiger partial charge in [-0.2, -0.15) is 0 Å². The van der Waals surface area contributed by atoms with Crippen LogP contribution >= 0.6 is 11.3 Å². The molecule has 5 aromatic rings. The molecular weight excluding hydrogens is 582 g/mol. The fourth-order valence-electron chi connectivity index (χ4n) is 5.18. The number of rotatable bonds is 11. The summed E-state index contributed by atoms with van der Waals surface area (Å²) in [5.41, 5.74) is 2.44. The number of nitrogens with one attached hydrogen (secondary N) is 4. The minimum atomic E-state index is -1.06. The van der Waals surface area contributed by atoms with Crippen LogP contribution in [0, 0.1) is 0 Å². The van der Waals surface area contributed by atoms with Crippen molar-refractivity contribution in [2.45, 2.75) is 31.0 Å². The molecule has 0 aliphatic carbocycles. The van der Waals surface area contributed by atoms with Gasteiger partial charge in [0.25, 0.3) is 5.91 Å². The molecule has 0 spiro atoms. The second kappa shape index (κ2) is 12.6. The van der Waals surface area contributed by atoms with Crippen molar-refractivity contribution >= 4 is 56.1 Å². The minimum absolute atomic E-state index is 0.0348. The van der Waals surface area contributed by atoms with E-state index in [4.69, 9.17) is 9.47 Å². The number of carbonyl (C=O) groups is 4. The van der Waals surface area contributed by atoms with E-state index in [1.807, 2.05) is 66.7 Å². The number of hydrogen-bond acceptors (Lipinski definition) is 8. The lowest BCUT2D eigenvalue weighted by Crippen LogP contribution is -2.53. The van der Waals surface area contributed by atoms with Crippen LogP contribution < -0.4 is 20.7 Å². The smallest absolute Gasteiger partial charge is 0.407 e. The normalized spacial score (nSPS) is 15.8. The Bertz CT molecular complexity index is 1820. The number of aromatic nitrogens is 2. The number of Topliss-reactive ketones (excluding diaryl/α,β-unsaturated/α-hetero) is 1. The number of para-hydroxylation sites is 1. The Balaban J connectivity index is 1.27. The summed E-state index contributed by atoms with van der Waals surface area (Å²) < 4.78 is 11.5. The SMILES string of the molecule is COc1cccc2[nH]c(C(=O)N[C@@H](Cc3ccccc3)C(=O)N[C@@H](CC3CNC(=O)O3)C(=O)c3nc4ccccc4s3)cc12. The van der Waals surface area contributed by atoms with Gasteiger partial charge in [0.15, 0.2) is 5.01 Å². The lowest BCUT2D eigenvalue weighted by atomic mass is 10.0. The maximum absolute atomic E-state index is 13.9. The highest BCUT2D eigenvalue weighted by atomic mass is 32.1. The summed E-state index contributed by atoms with van der Waals surface area (Å²) in [5, 5.41) is 9.21. The molecule has 2 aromatic heterocycles. The zero-order chi connectivity index (χ0) is 30.6. The molecule has 6 rings (SSSR count). The Labute approximate surface area is 256 Å². The lowest BCUT2D eigenvalue weighted by molar-refractivity contribution is -0.123. The molecule has 1 aliphatic heterocycles. The van der Waals surface area contributed by atoms with E-state index < -0.39 is 41.9 Å². The van der Waals surface area contributed by atoms with Crippen LogP contribution in [0.25, 0.3) is 21.1 Å². The first kappa shape index (κ1) is 28.9. The third kappa shape index (κ3) is 6.25. The van der Waals surface area contributed by atoms with Gasteiger partial charge in [-0.25, -0.2) is 9.78 Å². The van der Waals surface area contributed by atoms with E-state index in [2.05, 4.69) is 25.9 Å². The molecule has 12 heteroatoms. The average Bonchev–Trinajstić information content (AvgIpc) is 3.78. The Morgan fingerprint density at radius 2 is 1.82 bits per heavy atom. The first-order valence-corrected chi connectivity index (χ1v) is 14.8. The molecule has 3 amide bonds. The van der Waals surface area contributed by atoms with Crippen LogP contribution in [0.1, 0.15) is 32.3 Å². The maximum Gasteiger partial charge on any atom is 0.407 e. The van der Waals surface area contributed by atoms with Crippen molar-refractivity contribution in [3.8, 4) is 5.75 Å². The molecular formula is C32H29N5O6S. The molecule has 3 heterocycles. The first-order valence-electron chi connectivity index (χ1n) is 14.0. The summed E-state index contributed by atoms with van der Waals surface area (Å²) in [6.07, 6.45) is -1.01. The third-order valence-electron chi connectivity index (χ3n) is 7.38. The van der Waals surface area contributed by atoms with Gasteiger partial charge in [0.1, 0.15) is 23.6 Å². The Morgan fingerprint density at radius 3 is 2.57 bits per heavy atom. The number of thiazole rings is 1. The van der Waals surface area contributed by atoms with E-state index in [9.17, 15) is 19.2 Å². The van der Waals surface area contributed by atoms with Crippen LogP contribution in [-0.4, -0.2) is 65.5 Å². The van der Waals surface area contributed by atoms with Crippen LogP contribution in [-0.2, 0) is 16.0 Å². The van der Waals surface area contributed by atoms with E-state index in [0.29, 0.717) is 16.8 Å². The zero-order valence-corrected chi connectivity index (χ0v) is 24.5. The predicted octanol–water partition coefficient (Wildman–Crippen LogP) is 3.99. The van der Waals surface area contributed by atoms with Crippen molar-refractivity contribution in [1.29, 1.82) is 0 Å². The van der Waals surface area contributed by atoms with Gasteiger partial charge in [-0.05, 0) is 35.9 Å². The average molecular weight is 612 g/mol.